The first kappa shape index (κ1) is 26.3. The molecule has 1 fully saturated rings. The first-order chi connectivity index (χ1) is 17.1. The summed E-state index contributed by atoms with van der Waals surface area (Å²) in [6, 6.07) is 8.58. The van der Waals surface area contributed by atoms with Crippen LogP contribution in [0.2, 0.25) is 5.28 Å². The molecule has 0 bridgehead atoms. The van der Waals surface area contributed by atoms with Crippen molar-refractivity contribution in [1.29, 1.82) is 0 Å². The van der Waals surface area contributed by atoms with Crippen LogP contribution in [-0.4, -0.2) is 63.7 Å². The number of hydrogen-bond donors (Lipinski definition) is 3. The van der Waals surface area contributed by atoms with Crippen molar-refractivity contribution in [1.82, 2.24) is 19.6 Å². The number of aliphatic hydroxyl groups excluding tert-OH is 1. The zero-order valence-electron chi connectivity index (χ0n) is 19.2. The molecule has 4 rings (SSSR count). The van der Waals surface area contributed by atoms with Gasteiger partial charge in [-0.3, -0.25) is 9.32 Å². The number of aliphatic hydroxyl groups is 1. The van der Waals surface area contributed by atoms with Crippen LogP contribution >= 0.6 is 19.3 Å². The average Bonchev–Trinajstić information content (AvgIpc) is 3.38. The summed E-state index contributed by atoms with van der Waals surface area (Å²) in [7, 11) is -3.05. The van der Waals surface area contributed by atoms with Gasteiger partial charge in [0.05, 0.1) is 19.1 Å². The lowest BCUT2D eigenvalue weighted by atomic mass is 10.1. The van der Waals surface area contributed by atoms with Crippen LogP contribution in [0.25, 0.3) is 11.0 Å². The number of para-hydroxylation sites is 1. The summed E-state index contributed by atoms with van der Waals surface area (Å²) < 4.78 is 51.3. The molecule has 0 spiro atoms. The molecule has 36 heavy (non-hydrogen) atoms. The highest BCUT2D eigenvalue weighted by molar-refractivity contribution is 7.52. The van der Waals surface area contributed by atoms with E-state index in [1.165, 1.54) is 36.9 Å². The maximum Gasteiger partial charge on any atom is 0.459 e. The van der Waals surface area contributed by atoms with Gasteiger partial charge >= 0.3 is 13.7 Å². The Kier molecular flexibility index (Phi) is 7.79. The van der Waals surface area contributed by atoms with E-state index in [2.05, 4.69) is 19.8 Å². The summed E-state index contributed by atoms with van der Waals surface area (Å²) in [5.41, 5.74) is 6.06. The second-order valence-corrected chi connectivity index (χ2v) is 9.94. The number of anilines is 1. The van der Waals surface area contributed by atoms with Crippen LogP contribution in [0.15, 0.2) is 42.6 Å². The number of carbonyl (C=O) groups is 1. The Balaban J connectivity index is 1.52. The van der Waals surface area contributed by atoms with Gasteiger partial charge in [0.15, 0.2) is 12.4 Å². The molecule has 4 N–H and O–H groups in total. The lowest BCUT2D eigenvalue weighted by Crippen LogP contribution is -2.36. The molecule has 0 aliphatic carbocycles. The van der Waals surface area contributed by atoms with Gasteiger partial charge in [-0.05, 0) is 36.7 Å². The number of alkyl halides is 1. The number of ether oxygens (including phenoxy) is 2. The SMILES string of the molecule is COC(=O)[C@H](C)NP(=O)(OC[C@H]1O[C@@H](n2ccc3c(N)nc(Cl)nc32)[C@@H](F)[C@@H]1O)Oc1ccccc1. The van der Waals surface area contributed by atoms with E-state index >= 15 is 4.39 Å². The molecule has 1 aliphatic heterocycles. The smallest absolute Gasteiger partial charge is 0.459 e. The van der Waals surface area contributed by atoms with Gasteiger partial charge in [-0.15, -0.1) is 0 Å². The molecule has 15 heteroatoms. The third-order valence-corrected chi connectivity index (χ3v) is 7.24. The number of fused-ring (bicyclic) bond motifs is 1. The number of hydrogen-bond acceptors (Lipinski definition) is 10. The molecular formula is C21H24ClFN5O7P. The fraction of sp³-hybridized carbons (Fsp3) is 0.381. The molecule has 3 aromatic rings. The summed E-state index contributed by atoms with van der Waals surface area (Å²) in [5, 5.41) is 13.3. The highest BCUT2D eigenvalue weighted by Crippen LogP contribution is 2.46. The topological polar surface area (TPSA) is 160 Å². The van der Waals surface area contributed by atoms with Crippen molar-refractivity contribution in [2.75, 3.05) is 19.5 Å². The van der Waals surface area contributed by atoms with E-state index in [0.29, 0.717) is 5.39 Å². The molecule has 0 radical (unpaired) electrons. The highest BCUT2D eigenvalue weighted by atomic mass is 35.5. The third kappa shape index (κ3) is 5.46. The Hall–Kier alpha value is -2.80. The summed E-state index contributed by atoms with van der Waals surface area (Å²) in [6.07, 6.45) is -4.64. The van der Waals surface area contributed by atoms with Gasteiger partial charge in [0, 0.05) is 6.20 Å². The number of nitrogens with two attached hydrogens (primary N) is 1. The van der Waals surface area contributed by atoms with Crippen LogP contribution in [0.1, 0.15) is 13.2 Å². The molecule has 1 aliphatic rings. The van der Waals surface area contributed by atoms with Crippen molar-refractivity contribution < 1.29 is 37.4 Å². The van der Waals surface area contributed by atoms with Crippen molar-refractivity contribution in [3.05, 3.63) is 47.9 Å². The zero-order valence-corrected chi connectivity index (χ0v) is 20.8. The number of aromatic nitrogens is 3. The van der Waals surface area contributed by atoms with Crippen LogP contribution in [0, 0.1) is 0 Å². The predicted octanol–water partition coefficient (Wildman–Crippen LogP) is 2.62. The molecule has 1 saturated heterocycles. The van der Waals surface area contributed by atoms with Crippen molar-refractivity contribution in [3.63, 3.8) is 0 Å². The zero-order chi connectivity index (χ0) is 26.0. The van der Waals surface area contributed by atoms with Gasteiger partial charge in [-0.25, -0.2) is 13.9 Å². The van der Waals surface area contributed by atoms with E-state index in [4.69, 9.17) is 31.1 Å². The normalized spacial score (nSPS) is 24.4. The van der Waals surface area contributed by atoms with E-state index in [1.807, 2.05) is 0 Å². The fourth-order valence-electron chi connectivity index (χ4n) is 3.65. The number of nitrogen functional groups attached to an aromatic ring is 1. The Labute approximate surface area is 210 Å². The largest absolute Gasteiger partial charge is 0.468 e. The molecule has 6 atom stereocenters. The van der Waals surface area contributed by atoms with E-state index < -0.39 is 51.0 Å². The van der Waals surface area contributed by atoms with Gasteiger partial charge in [0.1, 0.15) is 35.5 Å². The summed E-state index contributed by atoms with van der Waals surface area (Å²) in [5.74, 6) is -0.425. The lowest BCUT2D eigenvalue weighted by molar-refractivity contribution is -0.142. The van der Waals surface area contributed by atoms with Crippen molar-refractivity contribution in [3.8, 4) is 5.75 Å². The predicted molar refractivity (Wildman–Crippen MR) is 127 cm³/mol. The molecule has 1 aromatic carbocycles. The minimum absolute atomic E-state index is 0.0994. The molecular weight excluding hydrogens is 520 g/mol. The summed E-state index contributed by atoms with van der Waals surface area (Å²) in [6.45, 7) is 0.862. The second kappa shape index (κ2) is 10.7. The first-order valence-electron chi connectivity index (χ1n) is 10.7. The standard InChI is InChI=1S/C21H24ClFN5O7P/c1-11(20(30)32-2)27-36(31,35-12-6-4-3-5-7-12)33-10-14-16(29)15(23)19(34-14)28-9-8-13-17(24)25-21(22)26-18(13)28/h3-9,11,14-16,19,29H,10H2,1-2H3,(H,27,31)(H2,24,25,26)/t11-,14+,15-,16+,19+,36?/m0/s1. The minimum Gasteiger partial charge on any atom is -0.468 e. The van der Waals surface area contributed by atoms with E-state index in [1.54, 1.807) is 24.3 Å². The van der Waals surface area contributed by atoms with Crippen LogP contribution < -0.4 is 15.3 Å². The van der Waals surface area contributed by atoms with Gasteiger partial charge < -0.3 is 29.4 Å². The van der Waals surface area contributed by atoms with E-state index in [9.17, 15) is 14.5 Å². The fourth-order valence-corrected chi connectivity index (χ4v) is 5.32. The van der Waals surface area contributed by atoms with Crippen molar-refractivity contribution in [2.24, 2.45) is 0 Å². The quantitative estimate of drug-likeness (QED) is 0.207. The number of carbonyl (C=O) groups excluding carboxylic acids is 1. The average molecular weight is 544 g/mol. The Bertz CT molecular complexity index is 1280. The Morgan fingerprint density at radius 2 is 2.08 bits per heavy atom. The highest BCUT2D eigenvalue weighted by Gasteiger charge is 2.47. The molecule has 2 aromatic heterocycles. The molecule has 194 valence electrons. The number of rotatable bonds is 9. The third-order valence-electron chi connectivity index (χ3n) is 5.43. The van der Waals surface area contributed by atoms with E-state index in [0.717, 1.165) is 0 Å². The molecule has 0 saturated carbocycles. The van der Waals surface area contributed by atoms with Crippen LogP contribution in [0.4, 0.5) is 10.2 Å². The van der Waals surface area contributed by atoms with Crippen LogP contribution in [-0.2, 0) is 23.4 Å². The van der Waals surface area contributed by atoms with Crippen LogP contribution in [0.3, 0.4) is 0 Å². The number of benzene rings is 1. The maximum atomic E-state index is 15.1. The number of esters is 1. The number of methoxy groups -OCH3 is 1. The number of nitrogens with zero attached hydrogens (tertiary/aromatic N) is 3. The van der Waals surface area contributed by atoms with Gasteiger partial charge in [-0.1, -0.05) is 18.2 Å². The summed E-state index contributed by atoms with van der Waals surface area (Å²) >= 11 is 5.89. The monoisotopic (exact) mass is 543 g/mol. The van der Waals surface area contributed by atoms with Gasteiger partial charge in [-0.2, -0.15) is 10.1 Å². The number of halogens is 2. The maximum absolute atomic E-state index is 15.1. The van der Waals surface area contributed by atoms with Gasteiger partial charge in [0.25, 0.3) is 0 Å². The lowest BCUT2D eigenvalue weighted by Gasteiger charge is -2.24. The Morgan fingerprint density at radius 1 is 1.36 bits per heavy atom. The van der Waals surface area contributed by atoms with Crippen LogP contribution in [0.5, 0.6) is 5.75 Å². The van der Waals surface area contributed by atoms with Gasteiger partial charge in [0.2, 0.25) is 5.28 Å². The van der Waals surface area contributed by atoms with E-state index in [-0.39, 0.29) is 22.5 Å². The number of nitrogens with one attached hydrogen (secondary N) is 1. The summed E-state index contributed by atoms with van der Waals surface area (Å²) in [4.78, 5) is 19.8. The first-order valence-corrected chi connectivity index (χ1v) is 12.7. The molecule has 12 nitrogen and oxygen atoms in total. The minimum atomic E-state index is -4.22. The molecule has 0 amide bonds. The van der Waals surface area contributed by atoms with Crippen molar-refractivity contribution >= 4 is 42.2 Å². The Morgan fingerprint density at radius 3 is 2.78 bits per heavy atom. The molecule has 3 heterocycles. The molecule has 1 unspecified atom stereocenters. The van der Waals surface area contributed by atoms with Crippen molar-refractivity contribution in [2.45, 2.75) is 37.6 Å². The second-order valence-electron chi connectivity index (χ2n) is 7.91.